The minimum Gasteiger partial charge on any atom is -0.495 e. The van der Waals surface area contributed by atoms with Crippen molar-refractivity contribution in [2.45, 2.75) is 51.4 Å². The number of nitrogens with two attached hydrogens (primary N) is 1. The molecule has 1 aromatic rings. The van der Waals surface area contributed by atoms with Crippen molar-refractivity contribution in [1.29, 1.82) is 0 Å². The van der Waals surface area contributed by atoms with Crippen LogP contribution in [0, 0.1) is 17.3 Å². The fraction of sp³-hybridized carbons (Fsp3) is 0.632. The Labute approximate surface area is 132 Å². The summed E-state index contributed by atoms with van der Waals surface area (Å²) in [7, 11) is 1.69. The molecule has 0 unspecified atom stereocenters. The summed E-state index contributed by atoms with van der Waals surface area (Å²) in [5, 5.41) is 0. The van der Waals surface area contributed by atoms with Gasteiger partial charge < -0.3 is 10.5 Å². The fourth-order valence-electron chi connectivity index (χ4n) is 5.57. The van der Waals surface area contributed by atoms with E-state index in [4.69, 9.17) is 10.5 Å². The van der Waals surface area contributed by atoms with E-state index in [-0.39, 0.29) is 5.41 Å². The average molecular weight is 299 g/mol. The lowest BCUT2D eigenvalue weighted by Crippen LogP contribution is -2.42. The number of Topliss-reactive ketones (excluding diaryl/α,β-unsaturated/α-hetero) is 1. The van der Waals surface area contributed by atoms with E-state index in [2.05, 4.69) is 19.1 Å². The minimum absolute atomic E-state index is 0.0451. The van der Waals surface area contributed by atoms with Crippen LogP contribution in [0.3, 0.4) is 0 Å². The van der Waals surface area contributed by atoms with Crippen LogP contribution in [0.1, 0.15) is 56.1 Å². The number of anilines is 1. The molecular formula is C19H25NO2. The van der Waals surface area contributed by atoms with Crippen molar-refractivity contribution in [2.75, 3.05) is 12.8 Å². The lowest BCUT2D eigenvalue weighted by Gasteiger charge is -2.48. The summed E-state index contributed by atoms with van der Waals surface area (Å²) < 4.78 is 5.44. The summed E-state index contributed by atoms with van der Waals surface area (Å²) in [6, 6.07) is 4.28. The second-order valence-corrected chi connectivity index (χ2v) is 7.63. The number of carbonyl (C=O) groups excluding carboxylic acids is 1. The molecule has 0 radical (unpaired) electrons. The standard InChI is InChI=1S/C19H25NO2/c1-19-8-7-12-13(15(19)5-6-18(19)21)4-3-11-9-16(20)17(22-2)10-14(11)12/h9-10,12-13,15H,3-8,20H2,1-2H3/t12-,13+,15-,19-/m0/s1. The van der Waals surface area contributed by atoms with Gasteiger partial charge in [0.15, 0.2) is 0 Å². The number of nitrogen functional groups attached to an aromatic ring is 1. The van der Waals surface area contributed by atoms with Crippen molar-refractivity contribution in [1.82, 2.24) is 0 Å². The third-order valence-corrected chi connectivity index (χ3v) is 6.78. The zero-order valence-electron chi connectivity index (χ0n) is 13.5. The molecule has 4 rings (SSSR count). The number of fused-ring (bicyclic) bond motifs is 5. The maximum absolute atomic E-state index is 12.4. The number of ketones is 1. The molecule has 0 spiro atoms. The number of rotatable bonds is 1. The van der Waals surface area contributed by atoms with Gasteiger partial charge in [-0.25, -0.2) is 0 Å². The quantitative estimate of drug-likeness (QED) is 0.804. The molecule has 1 aromatic carbocycles. The highest BCUT2D eigenvalue weighted by atomic mass is 16.5. The summed E-state index contributed by atoms with van der Waals surface area (Å²) in [6.07, 6.45) is 6.36. The highest BCUT2D eigenvalue weighted by Gasteiger charge is 2.54. The number of aryl methyl sites for hydroxylation is 1. The second-order valence-electron chi connectivity index (χ2n) is 7.63. The van der Waals surface area contributed by atoms with Gasteiger partial charge in [-0.1, -0.05) is 6.92 Å². The highest BCUT2D eigenvalue weighted by molar-refractivity contribution is 5.87. The van der Waals surface area contributed by atoms with Gasteiger partial charge in [-0.15, -0.1) is 0 Å². The Kier molecular flexibility index (Phi) is 3.04. The molecule has 0 amide bonds. The Balaban J connectivity index is 1.74. The number of hydrogen-bond donors (Lipinski definition) is 1. The molecule has 22 heavy (non-hydrogen) atoms. The number of benzene rings is 1. The van der Waals surface area contributed by atoms with Crippen molar-refractivity contribution in [3.63, 3.8) is 0 Å². The van der Waals surface area contributed by atoms with E-state index >= 15 is 0 Å². The third kappa shape index (κ3) is 1.77. The minimum atomic E-state index is -0.0451. The molecule has 3 nitrogen and oxygen atoms in total. The second kappa shape index (κ2) is 4.74. The van der Waals surface area contributed by atoms with Gasteiger partial charge in [0, 0.05) is 11.8 Å². The maximum atomic E-state index is 12.4. The van der Waals surface area contributed by atoms with Gasteiger partial charge >= 0.3 is 0 Å². The van der Waals surface area contributed by atoms with E-state index in [1.807, 2.05) is 0 Å². The largest absolute Gasteiger partial charge is 0.495 e. The van der Waals surface area contributed by atoms with Gasteiger partial charge in [-0.05, 0) is 73.1 Å². The van der Waals surface area contributed by atoms with Gasteiger partial charge in [-0.3, -0.25) is 4.79 Å². The Bertz CT molecular complexity index is 639. The summed E-state index contributed by atoms with van der Waals surface area (Å²) >= 11 is 0. The maximum Gasteiger partial charge on any atom is 0.142 e. The topological polar surface area (TPSA) is 52.3 Å². The van der Waals surface area contributed by atoms with Gasteiger partial charge in [0.05, 0.1) is 12.8 Å². The van der Waals surface area contributed by atoms with Crippen LogP contribution in [0.5, 0.6) is 5.75 Å². The van der Waals surface area contributed by atoms with E-state index in [9.17, 15) is 4.79 Å². The first kappa shape index (κ1) is 14.1. The normalized spacial score (nSPS) is 36.5. The van der Waals surface area contributed by atoms with Gasteiger partial charge in [0.2, 0.25) is 0 Å². The van der Waals surface area contributed by atoms with E-state index in [0.717, 1.165) is 43.5 Å². The predicted molar refractivity (Wildman–Crippen MR) is 87.0 cm³/mol. The van der Waals surface area contributed by atoms with Crippen molar-refractivity contribution in [3.05, 3.63) is 23.3 Å². The van der Waals surface area contributed by atoms with Crippen molar-refractivity contribution >= 4 is 11.5 Å². The Morgan fingerprint density at radius 2 is 2.05 bits per heavy atom. The summed E-state index contributed by atoms with van der Waals surface area (Å²) in [5.41, 5.74) is 9.61. The van der Waals surface area contributed by atoms with Gasteiger partial charge in [-0.2, -0.15) is 0 Å². The van der Waals surface area contributed by atoms with Crippen LogP contribution < -0.4 is 10.5 Å². The first-order valence-corrected chi connectivity index (χ1v) is 8.54. The first-order valence-electron chi connectivity index (χ1n) is 8.54. The number of carbonyl (C=O) groups is 1. The molecule has 0 bridgehead atoms. The van der Waals surface area contributed by atoms with Crippen LogP contribution in [0.15, 0.2) is 12.1 Å². The van der Waals surface area contributed by atoms with Gasteiger partial charge in [0.25, 0.3) is 0 Å². The molecule has 0 saturated heterocycles. The molecule has 4 atom stereocenters. The zero-order chi connectivity index (χ0) is 15.5. The SMILES string of the molecule is COc1cc2c(cc1N)CC[C@@H]1[C@@H]2CC[C@]2(C)C(=O)CC[C@@H]12. The van der Waals surface area contributed by atoms with Crippen LogP contribution in [0.4, 0.5) is 5.69 Å². The molecule has 3 aliphatic rings. The van der Waals surface area contributed by atoms with Crippen LogP contribution >= 0.6 is 0 Å². The van der Waals surface area contributed by atoms with Crippen LogP contribution in [-0.4, -0.2) is 12.9 Å². The number of hydrogen-bond acceptors (Lipinski definition) is 3. The fourth-order valence-corrected chi connectivity index (χ4v) is 5.57. The Hall–Kier alpha value is -1.51. The van der Waals surface area contributed by atoms with Crippen molar-refractivity contribution in [2.24, 2.45) is 17.3 Å². The van der Waals surface area contributed by atoms with Crippen LogP contribution in [0.2, 0.25) is 0 Å². The highest BCUT2D eigenvalue weighted by Crippen LogP contribution is 2.59. The predicted octanol–water partition coefficient (Wildman–Crippen LogP) is 3.70. The van der Waals surface area contributed by atoms with Gasteiger partial charge in [0.1, 0.15) is 11.5 Å². The summed E-state index contributed by atoms with van der Waals surface area (Å²) in [4.78, 5) is 12.4. The lowest BCUT2D eigenvalue weighted by molar-refractivity contribution is -0.129. The number of methoxy groups -OCH3 is 1. The monoisotopic (exact) mass is 299 g/mol. The molecule has 3 heteroatoms. The zero-order valence-corrected chi connectivity index (χ0v) is 13.5. The molecule has 118 valence electrons. The molecule has 2 N–H and O–H groups in total. The molecule has 3 aliphatic carbocycles. The van der Waals surface area contributed by atoms with Crippen molar-refractivity contribution < 1.29 is 9.53 Å². The third-order valence-electron chi connectivity index (χ3n) is 6.78. The lowest BCUT2D eigenvalue weighted by atomic mass is 9.55. The average Bonchev–Trinajstić information content (AvgIpc) is 2.82. The van der Waals surface area contributed by atoms with E-state index < -0.39 is 0 Å². The van der Waals surface area contributed by atoms with E-state index in [1.165, 1.54) is 17.5 Å². The Morgan fingerprint density at radius 1 is 1.23 bits per heavy atom. The Morgan fingerprint density at radius 3 is 2.82 bits per heavy atom. The van der Waals surface area contributed by atoms with Crippen LogP contribution in [0.25, 0.3) is 0 Å². The van der Waals surface area contributed by atoms with Crippen molar-refractivity contribution in [3.8, 4) is 5.75 Å². The molecule has 0 aromatic heterocycles. The number of ether oxygens (including phenoxy) is 1. The smallest absolute Gasteiger partial charge is 0.142 e. The van der Waals surface area contributed by atoms with E-state index in [1.54, 1.807) is 7.11 Å². The molecule has 0 aliphatic heterocycles. The molecule has 2 fully saturated rings. The molecule has 0 heterocycles. The van der Waals surface area contributed by atoms with Crippen LogP contribution in [-0.2, 0) is 11.2 Å². The summed E-state index contributed by atoms with van der Waals surface area (Å²) in [6.45, 7) is 2.22. The first-order chi connectivity index (χ1) is 10.5. The summed E-state index contributed by atoms with van der Waals surface area (Å²) in [5.74, 6) is 3.13. The van der Waals surface area contributed by atoms with E-state index in [0.29, 0.717) is 23.5 Å². The molecular weight excluding hydrogens is 274 g/mol. The molecule has 2 saturated carbocycles.